The monoisotopic (exact) mass is 252 g/mol. The van der Waals surface area contributed by atoms with Crippen molar-refractivity contribution in [2.24, 2.45) is 0 Å². The summed E-state index contributed by atoms with van der Waals surface area (Å²) in [7, 11) is 0. The molecule has 0 fully saturated rings. The van der Waals surface area contributed by atoms with Crippen LogP contribution in [0.4, 0.5) is 5.69 Å². The highest BCUT2D eigenvalue weighted by Crippen LogP contribution is 2.24. The first-order chi connectivity index (χ1) is 8.60. The first-order valence-corrected chi connectivity index (χ1v) is 6.07. The molecule has 5 heteroatoms. The van der Waals surface area contributed by atoms with Crippen molar-refractivity contribution in [3.05, 3.63) is 23.8 Å². The van der Waals surface area contributed by atoms with Gasteiger partial charge in [-0.1, -0.05) is 19.9 Å². The minimum absolute atomic E-state index is 0.0389. The summed E-state index contributed by atoms with van der Waals surface area (Å²) >= 11 is 0. The lowest BCUT2D eigenvalue weighted by atomic mass is 10.1. The van der Waals surface area contributed by atoms with Crippen molar-refractivity contribution in [3.8, 4) is 5.75 Å². The molecule has 0 saturated carbocycles. The smallest absolute Gasteiger partial charge is 0.341 e. The quantitative estimate of drug-likeness (QED) is 0.722. The van der Waals surface area contributed by atoms with Gasteiger partial charge in [-0.15, -0.1) is 0 Å². The minimum atomic E-state index is -1.06. The summed E-state index contributed by atoms with van der Waals surface area (Å²) in [6, 6.07) is 4.87. The molecule has 0 amide bonds. The van der Waals surface area contributed by atoms with E-state index in [1.165, 1.54) is 0 Å². The van der Waals surface area contributed by atoms with E-state index < -0.39 is 5.97 Å². The number of anilines is 1. The Labute approximate surface area is 107 Å². The molecule has 0 unspecified atom stereocenters. The normalized spacial score (nSPS) is 10.6. The standard InChI is InChI=1S/C13H20N2O3/c1-3-15(4-2)8-9-18-11-7-5-6-10(14)12(11)13(16)17/h5-7H,3-4,8-9,14H2,1-2H3,(H,16,17). The molecule has 0 atom stereocenters. The maximum Gasteiger partial charge on any atom is 0.341 e. The second-order valence-electron chi connectivity index (χ2n) is 3.90. The van der Waals surface area contributed by atoms with Crippen LogP contribution in [0, 0.1) is 0 Å². The van der Waals surface area contributed by atoms with E-state index in [1.807, 2.05) is 0 Å². The van der Waals surface area contributed by atoms with Gasteiger partial charge in [0.2, 0.25) is 0 Å². The first-order valence-electron chi connectivity index (χ1n) is 6.07. The van der Waals surface area contributed by atoms with Crippen LogP contribution in [0.5, 0.6) is 5.75 Å². The zero-order chi connectivity index (χ0) is 13.5. The average Bonchev–Trinajstić information content (AvgIpc) is 2.34. The molecule has 5 nitrogen and oxygen atoms in total. The first kappa shape index (κ1) is 14.3. The molecule has 0 saturated heterocycles. The predicted molar refractivity (Wildman–Crippen MR) is 71.1 cm³/mol. The molecule has 3 N–H and O–H groups in total. The van der Waals surface area contributed by atoms with Crippen LogP contribution in [-0.4, -0.2) is 42.2 Å². The van der Waals surface area contributed by atoms with Crippen molar-refractivity contribution in [2.45, 2.75) is 13.8 Å². The highest BCUT2D eigenvalue weighted by Gasteiger charge is 2.14. The Bertz CT molecular complexity index is 403. The highest BCUT2D eigenvalue weighted by atomic mass is 16.5. The molecular weight excluding hydrogens is 232 g/mol. The lowest BCUT2D eigenvalue weighted by molar-refractivity contribution is 0.0693. The minimum Gasteiger partial charge on any atom is -0.491 e. The average molecular weight is 252 g/mol. The number of carboxylic acids is 1. The van der Waals surface area contributed by atoms with Crippen LogP contribution < -0.4 is 10.5 Å². The third-order valence-electron chi connectivity index (χ3n) is 2.83. The van der Waals surface area contributed by atoms with Gasteiger partial charge in [-0.25, -0.2) is 4.79 Å². The van der Waals surface area contributed by atoms with E-state index in [0.717, 1.165) is 19.6 Å². The number of hydrogen-bond donors (Lipinski definition) is 2. The van der Waals surface area contributed by atoms with E-state index in [2.05, 4.69) is 18.7 Å². The van der Waals surface area contributed by atoms with Gasteiger partial charge in [0.25, 0.3) is 0 Å². The molecule has 0 heterocycles. The number of rotatable bonds is 7. The van der Waals surface area contributed by atoms with Crippen LogP contribution in [-0.2, 0) is 0 Å². The fourth-order valence-electron chi connectivity index (χ4n) is 1.72. The van der Waals surface area contributed by atoms with Crippen molar-refractivity contribution >= 4 is 11.7 Å². The SMILES string of the molecule is CCN(CC)CCOc1cccc(N)c1C(=O)O. The number of carboxylic acid groups (broad SMARTS) is 1. The number of likely N-dealkylation sites (N-methyl/N-ethyl adjacent to an activating group) is 1. The van der Waals surface area contributed by atoms with E-state index in [0.29, 0.717) is 12.4 Å². The Hall–Kier alpha value is -1.75. The Morgan fingerprint density at radius 1 is 1.39 bits per heavy atom. The molecule has 18 heavy (non-hydrogen) atoms. The van der Waals surface area contributed by atoms with Crippen molar-refractivity contribution in [2.75, 3.05) is 32.0 Å². The number of carbonyl (C=O) groups is 1. The van der Waals surface area contributed by atoms with Crippen molar-refractivity contribution in [1.29, 1.82) is 0 Å². The summed E-state index contributed by atoms with van der Waals surface area (Å²) in [4.78, 5) is 13.3. The van der Waals surface area contributed by atoms with Crippen LogP contribution in [0.3, 0.4) is 0 Å². The lowest BCUT2D eigenvalue weighted by Crippen LogP contribution is -2.28. The molecule has 0 aliphatic heterocycles. The predicted octanol–water partition coefficient (Wildman–Crippen LogP) is 1.69. The number of ether oxygens (including phenoxy) is 1. The van der Waals surface area contributed by atoms with E-state index in [9.17, 15) is 4.79 Å². The Morgan fingerprint density at radius 3 is 2.61 bits per heavy atom. The molecule has 100 valence electrons. The van der Waals surface area contributed by atoms with Gasteiger partial charge >= 0.3 is 5.97 Å². The summed E-state index contributed by atoms with van der Waals surface area (Å²) in [5.41, 5.74) is 5.90. The Morgan fingerprint density at radius 2 is 2.06 bits per heavy atom. The molecule has 0 aromatic heterocycles. The van der Waals surface area contributed by atoms with Gasteiger partial charge in [0, 0.05) is 12.2 Å². The molecule has 0 aliphatic carbocycles. The van der Waals surface area contributed by atoms with Crippen LogP contribution in [0.15, 0.2) is 18.2 Å². The van der Waals surface area contributed by atoms with Crippen molar-refractivity contribution in [1.82, 2.24) is 4.90 Å². The second-order valence-corrected chi connectivity index (χ2v) is 3.90. The van der Waals surface area contributed by atoms with Gasteiger partial charge < -0.3 is 20.5 Å². The number of nitrogens with two attached hydrogens (primary N) is 1. The Kier molecular flexibility index (Phi) is 5.45. The maximum absolute atomic E-state index is 11.1. The van der Waals surface area contributed by atoms with E-state index in [-0.39, 0.29) is 11.3 Å². The van der Waals surface area contributed by atoms with E-state index in [4.69, 9.17) is 15.6 Å². The van der Waals surface area contributed by atoms with Crippen LogP contribution in [0.2, 0.25) is 0 Å². The van der Waals surface area contributed by atoms with Gasteiger partial charge in [0.1, 0.15) is 17.9 Å². The van der Waals surface area contributed by atoms with Crippen LogP contribution >= 0.6 is 0 Å². The Balaban J connectivity index is 2.67. The number of aromatic carboxylic acids is 1. The molecule has 0 radical (unpaired) electrons. The largest absolute Gasteiger partial charge is 0.491 e. The summed E-state index contributed by atoms with van der Waals surface area (Å²) in [5.74, 6) is -0.736. The summed E-state index contributed by atoms with van der Waals surface area (Å²) in [5, 5.41) is 9.08. The van der Waals surface area contributed by atoms with Gasteiger partial charge in [-0.3, -0.25) is 0 Å². The third-order valence-corrected chi connectivity index (χ3v) is 2.83. The number of nitrogen functional groups attached to an aromatic ring is 1. The van der Waals surface area contributed by atoms with Crippen molar-refractivity contribution < 1.29 is 14.6 Å². The van der Waals surface area contributed by atoms with Crippen LogP contribution in [0.25, 0.3) is 0 Å². The van der Waals surface area contributed by atoms with Crippen LogP contribution in [0.1, 0.15) is 24.2 Å². The highest BCUT2D eigenvalue weighted by molar-refractivity contribution is 5.96. The van der Waals surface area contributed by atoms with Gasteiger partial charge in [0.05, 0.1) is 0 Å². The summed E-state index contributed by atoms with van der Waals surface area (Å²) in [6.07, 6.45) is 0. The summed E-state index contributed by atoms with van der Waals surface area (Å²) < 4.78 is 5.51. The molecule has 0 aliphatic rings. The molecule has 1 aromatic rings. The van der Waals surface area contributed by atoms with E-state index in [1.54, 1.807) is 18.2 Å². The molecular formula is C13H20N2O3. The second kappa shape index (κ2) is 6.86. The molecule has 1 aromatic carbocycles. The molecule has 1 rings (SSSR count). The fourth-order valence-corrected chi connectivity index (χ4v) is 1.72. The maximum atomic E-state index is 11.1. The van der Waals surface area contributed by atoms with E-state index >= 15 is 0 Å². The zero-order valence-electron chi connectivity index (χ0n) is 10.8. The summed E-state index contributed by atoms with van der Waals surface area (Å²) in [6.45, 7) is 7.26. The number of hydrogen-bond acceptors (Lipinski definition) is 4. The van der Waals surface area contributed by atoms with Crippen molar-refractivity contribution in [3.63, 3.8) is 0 Å². The number of benzene rings is 1. The topological polar surface area (TPSA) is 75.8 Å². The zero-order valence-corrected chi connectivity index (χ0v) is 10.8. The van der Waals surface area contributed by atoms with Gasteiger partial charge in [0.15, 0.2) is 0 Å². The van der Waals surface area contributed by atoms with Gasteiger partial charge in [-0.05, 0) is 25.2 Å². The lowest BCUT2D eigenvalue weighted by Gasteiger charge is -2.18. The molecule has 0 bridgehead atoms. The third kappa shape index (κ3) is 3.63. The van der Waals surface area contributed by atoms with Gasteiger partial charge in [-0.2, -0.15) is 0 Å². The fraction of sp³-hybridized carbons (Fsp3) is 0.462. The number of nitrogens with zero attached hydrogens (tertiary/aromatic N) is 1. The molecule has 0 spiro atoms.